The summed E-state index contributed by atoms with van der Waals surface area (Å²) in [5.74, 6) is 0. The van der Waals surface area contributed by atoms with Crippen LogP contribution in [0.3, 0.4) is 0 Å². The summed E-state index contributed by atoms with van der Waals surface area (Å²) < 4.78 is 20.5. The highest BCUT2D eigenvalue weighted by atomic mass is 35.6. The highest BCUT2D eigenvalue weighted by Crippen LogP contribution is 2.36. The number of hydrogen-bond donors (Lipinski definition) is 0. The monoisotopic (exact) mass is 274 g/mol. The average molecular weight is 276 g/mol. The van der Waals surface area contributed by atoms with Crippen LogP contribution >= 0.6 is 34.8 Å². The maximum Gasteiger partial charge on any atom is 0.298 e. The quantitative estimate of drug-likeness (QED) is 0.734. The first-order valence-electron chi connectivity index (χ1n) is 3.37. The lowest BCUT2D eigenvalue weighted by atomic mass is 10.4. The van der Waals surface area contributed by atoms with Gasteiger partial charge >= 0.3 is 0 Å². The lowest BCUT2D eigenvalue weighted by Gasteiger charge is -2.10. The molecular formula is C6H5Cl3N2O2S. The number of sulfone groups is 1. The molecule has 0 N–H and O–H groups in total. The molecule has 0 spiro atoms. The van der Waals surface area contributed by atoms with Crippen molar-refractivity contribution in [3.05, 3.63) is 17.8 Å². The number of hydrogen-bond acceptors (Lipinski definition) is 4. The number of aryl methyl sites for hydroxylation is 1. The van der Waals surface area contributed by atoms with E-state index in [9.17, 15) is 8.42 Å². The van der Waals surface area contributed by atoms with Crippen molar-refractivity contribution >= 4 is 44.6 Å². The van der Waals surface area contributed by atoms with Crippen LogP contribution in [0, 0.1) is 6.92 Å². The van der Waals surface area contributed by atoms with E-state index in [1.165, 1.54) is 12.1 Å². The first-order valence-corrected chi connectivity index (χ1v) is 5.98. The van der Waals surface area contributed by atoms with Gasteiger partial charge in [-0.05, 0) is 19.1 Å². The van der Waals surface area contributed by atoms with Crippen molar-refractivity contribution < 1.29 is 8.42 Å². The summed E-state index contributed by atoms with van der Waals surface area (Å²) >= 11 is 15.8. The molecule has 1 heterocycles. The predicted octanol–water partition coefficient (Wildman–Crippen LogP) is 1.89. The van der Waals surface area contributed by atoms with Gasteiger partial charge in [-0.25, -0.2) is 8.42 Å². The summed E-state index contributed by atoms with van der Waals surface area (Å²) in [5.41, 5.74) is 0.577. The number of aromatic nitrogens is 2. The van der Waals surface area contributed by atoms with Crippen molar-refractivity contribution in [3.8, 4) is 0 Å². The van der Waals surface area contributed by atoms with Gasteiger partial charge in [0, 0.05) is 0 Å². The second kappa shape index (κ2) is 3.81. The molecule has 0 saturated carbocycles. The van der Waals surface area contributed by atoms with E-state index in [0.29, 0.717) is 5.69 Å². The third kappa shape index (κ3) is 2.28. The van der Waals surface area contributed by atoms with E-state index in [4.69, 9.17) is 34.8 Å². The highest BCUT2D eigenvalue weighted by molar-refractivity contribution is 7.97. The maximum absolute atomic E-state index is 11.5. The molecule has 0 radical (unpaired) electrons. The minimum absolute atomic E-state index is 0.358. The van der Waals surface area contributed by atoms with Gasteiger partial charge in [-0.3, -0.25) is 0 Å². The normalized spacial score (nSPS) is 12.9. The zero-order chi connectivity index (χ0) is 11.0. The molecule has 14 heavy (non-hydrogen) atoms. The van der Waals surface area contributed by atoms with Crippen molar-refractivity contribution in [2.24, 2.45) is 0 Å². The van der Waals surface area contributed by atoms with E-state index in [-0.39, 0.29) is 5.03 Å². The first-order chi connectivity index (χ1) is 6.25. The van der Waals surface area contributed by atoms with Crippen molar-refractivity contribution in [1.82, 2.24) is 10.2 Å². The Morgan fingerprint density at radius 2 is 1.79 bits per heavy atom. The van der Waals surface area contributed by atoms with Crippen molar-refractivity contribution in [1.29, 1.82) is 0 Å². The van der Waals surface area contributed by atoms with E-state index < -0.39 is 13.0 Å². The third-order valence-corrected chi connectivity index (χ3v) is 4.56. The molecule has 0 aliphatic rings. The van der Waals surface area contributed by atoms with Gasteiger partial charge in [0.1, 0.15) is 0 Å². The van der Waals surface area contributed by atoms with E-state index in [1.54, 1.807) is 6.92 Å². The Balaban J connectivity index is 3.25. The van der Waals surface area contributed by atoms with Gasteiger partial charge in [0.15, 0.2) is 5.03 Å². The highest BCUT2D eigenvalue weighted by Gasteiger charge is 2.40. The summed E-state index contributed by atoms with van der Waals surface area (Å²) in [6, 6.07) is 2.70. The summed E-state index contributed by atoms with van der Waals surface area (Å²) in [5, 5.41) is 6.62. The van der Waals surface area contributed by atoms with Crippen LogP contribution in [-0.2, 0) is 9.84 Å². The van der Waals surface area contributed by atoms with Crippen LogP contribution < -0.4 is 0 Å². The minimum atomic E-state index is -4.07. The molecule has 0 fully saturated rings. The Bertz CT molecular complexity index is 423. The number of alkyl halides is 3. The number of nitrogens with zero attached hydrogens (tertiary/aromatic N) is 2. The lowest BCUT2D eigenvalue weighted by Crippen LogP contribution is -2.21. The lowest BCUT2D eigenvalue weighted by molar-refractivity contribution is 0.590. The summed E-state index contributed by atoms with van der Waals surface area (Å²) in [7, 11) is -4.07. The second-order valence-corrected chi connectivity index (χ2v) is 7.45. The van der Waals surface area contributed by atoms with Gasteiger partial charge in [-0.1, -0.05) is 34.8 Å². The molecule has 1 rings (SSSR count). The summed E-state index contributed by atoms with van der Waals surface area (Å²) in [6.45, 7) is 1.67. The summed E-state index contributed by atoms with van der Waals surface area (Å²) in [6.07, 6.45) is 0. The molecule has 0 saturated heterocycles. The SMILES string of the molecule is Cc1ccc(S(=O)(=O)C(Cl)(Cl)Cl)nn1. The fourth-order valence-corrected chi connectivity index (χ4v) is 1.99. The average Bonchev–Trinajstić information content (AvgIpc) is 2.03. The van der Waals surface area contributed by atoms with Crippen LogP contribution in [0.25, 0.3) is 0 Å². The third-order valence-electron chi connectivity index (χ3n) is 1.35. The first kappa shape index (κ1) is 12.0. The van der Waals surface area contributed by atoms with Crippen LogP contribution in [-0.4, -0.2) is 21.7 Å². The van der Waals surface area contributed by atoms with E-state index in [0.717, 1.165) is 0 Å². The molecular weight excluding hydrogens is 271 g/mol. The molecule has 4 nitrogen and oxygen atoms in total. The zero-order valence-electron chi connectivity index (χ0n) is 6.91. The molecule has 1 aromatic heterocycles. The van der Waals surface area contributed by atoms with E-state index >= 15 is 0 Å². The molecule has 0 unspecified atom stereocenters. The number of halogens is 3. The molecule has 0 aromatic carbocycles. The number of rotatable bonds is 1. The predicted molar refractivity (Wildman–Crippen MR) is 54.2 cm³/mol. The molecule has 8 heteroatoms. The van der Waals surface area contributed by atoms with Gasteiger partial charge < -0.3 is 0 Å². The summed E-state index contributed by atoms with van der Waals surface area (Å²) in [4.78, 5) is 0. The maximum atomic E-state index is 11.5. The zero-order valence-corrected chi connectivity index (χ0v) is 9.99. The molecule has 1 aromatic rings. The van der Waals surface area contributed by atoms with Crippen LogP contribution in [0.5, 0.6) is 0 Å². The Kier molecular flexibility index (Phi) is 3.26. The molecule has 0 aliphatic heterocycles. The van der Waals surface area contributed by atoms with E-state index in [1.807, 2.05) is 0 Å². The molecule has 0 atom stereocenters. The fourth-order valence-electron chi connectivity index (χ4n) is 0.649. The van der Waals surface area contributed by atoms with Crippen LogP contribution in [0.1, 0.15) is 5.69 Å². The fraction of sp³-hybridized carbons (Fsp3) is 0.333. The van der Waals surface area contributed by atoms with Gasteiger partial charge in [-0.2, -0.15) is 5.10 Å². The van der Waals surface area contributed by atoms with Crippen LogP contribution in [0.2, 0.25) is 0 Å². The van der Waals surface area contributed by atoms with Crippen molar-refractivity contribution in [2.75, 3.05) is 0 Å². The Morgan fingerprint density at radius 1 is 1.21 bits per heavy atom. The van der Waals surface area contributed by atoms with Gasteiger partial charge in [0.2, 0.25) is 9.84 Å². The standard InChI is InChI=1S/C6H5Cl3N2O2S/c1-4-2-3-5(11-10-4)14(12,13)6(7,8)9/h2-3H,1H3. The smallest absolute Gasteiger partial charge is 0.218 e. The molecule has 0 aliphatic carbocycles. The second-order valence-electron chi connectivity index (χ2n) is 2.46. The Morgan fingerprint density at radius 3 is 2.14 bits per heavy atom. The largest absolute Gasteiger partial charge is 0.298 e. The Labute approximate surface area is 96.1 Å². The van der Waals surface area contributed by atoms with Crippen molar-refractivity contribution in [2.45, 2.75) is 15.1 Å². The van der Waals surface area contributed by atoms with Gasteiger partial charge in [0.25, 0.3) is 3.12 Å². The van der Waals surface area contributed by atoms with Gasteiger partial charge in [0.05, 0.1) is 5.69 Å². The van der Waals surface area contributed by atoms with Crippen LogP contribution in [0.15, 0.2) is 17.2 Å². The van der Waals surface area contributed by atoms with Gasteiger partial charge in [-0.15, -0.1) is 5.10 Å². The molecule has 0 amide bonds. The van der Waals surface area contributed by atoms with Crippen LogP contribution in [0.4, 0.5) is 0 Å². The molecule has 0 bridgehead atoms. The minimum Gasteiger partial charge on any atom is -0.218 e. The van der Waals surface area contributed by atoms with Crippen molar-refractivity contribution in [3.63, 3.8) is 0 Å². The Hall–Kier alpha value is -0.100. The van der Waals surface area contributed by atoms with E-state index in [2.05, 4.69) is 10.2 Å². The topological polar surface area (TPSA) is 59.9 Å². The molecule has 78 valence electrons.